The third-order valence-electron chi connectivity index (χ3n) is 3.66. The van der Waals surface area contributed by atoms with Gasteiger partial charge in [-0.1, -0.05) is 13.3 Å². The Kier molecular flexibility index (Phi) is 4.20. The Bertz CT molecular complexity index is 843. The second kappa shape index (κ2) is 5.78. The molecule has 0 amide bonds. The van der Waals surface area contributed by atoms with Gasteiger partial charge in [-0.25, -0.2) is 9.78 Å². The summed E-state index contributed by atoms with van der Waals surface area (Å²) in [7, 11) is 4.66. The molecule has 0 N–H and O–H groups in total. The van der Waals surface area contributed by atoms with E-state index in [2.05, 4.69) is 4.98 Å². The highest BCUT2D eigenvalue weighted by Crippen LogP contribution is 2.24. The maximum absolute atomic E-state index is 12.3. The fourth-order valence-corrected chi connectivity index (χ4v) is 2.53. The molecule has 1 unspecified atom stereocenters. The molecule has 0 aliphatic carbocycles. The van der Waals surface area contributed by atoms with Gasteiger partial charge in [-0.15, -0.1) is 0 Å². The third kappa shape index (κ3) is 2.44. The molecule has 2 aromatic rings. The van der Waals surface area contributed by atoms with E-state index < -0.39 is 23.3 Å². The SMILES string of the molecule is CCCC(OC(C)=O)c1nc2c(c(=O)n(C)c(=O)n2C)n1C. The molecule has 8 nitrogen and oxygen atoms in total. The number of carbonyl (C=O) groups excluding carboxylic acids is 1. The Morgan fingerprint density at radius 2 is 1.82 bits per heavy atom. The highest BCUT2D eigenvalue weighted by atomic mass is 16.5. The van der Waals surface area contributed by atoms with Crippen LogP contribution in [-0.4, -0.2) is 24.7 Å². The monoisotopic (exact) mass is 308 g/mol. The summed E-state index contributed by atoms with van der Waals surface area (Å²) >= 11 is 0. The number of nitrogens with zero attached hydrogens (tertiary/aromatic N) is 4. The van der Waals surface area contributed by atoms with Crippen molar-refractivity contribution in [1.82, 2.24) is 18.7 Å². The van der Waals surface area contributed by atoms with Crippen molar-refractivity contribution in [3.8, 4) is 0 Å². The van der Waals surface area contributed by atoms with Crippen LogP contribution in [0.3, 0.4) is 0 Å². The second-order valence-electron chi connectivity index (χ2n) is 5.29. The minimum absolute atomic E-state index is 0.291. The van der Waals surface area contributed by atoms with Crippen molar-refractivity contribution in [1.29, 1.82) is 0 Å². The van der Waals surface area contributed by atoms with Crippen LogP contribution in [0.5, 0.6) is 0 Å². The van der Waals surface area contributed by atoms with Crippen molar-refractivity contribution in [2.75, 3.05) is 0 Å². The molecule has 0 aliphatic rings. The first kappa shape index (κ1) is 16.0. The molecule has 0 saturated carbocycles. The molecule has 2 heterocycles. The topological polar surface area (TPSA) is 88.1 Å². The number of aryl methyl sites for hydroxylation is 2. The van der Waals surface area contributed by atoms with Crippen molar-refractivity contribution in [2.24, 2.45) is 21.1 Å². The summed E-state index contributed by atoms with van der Waals surface area (Å²) in [5.41, 5.74) is -0.259. The van der Waals surface area contributed by atoms with E-state index in [4.69, 9.17) is 4.74 Å². The lowest BCUT2D eigenvalue weighted by molar-refractivity contribution is -0.147. The van der Waals surface area contributed by atoms with E-state index in [0.717, 1.165) is 11.0 Å². The van der Waals surface area contributed by atoms with E-state index in [9.17, 15) is 14.4 Å². The Morgan fingerprint density at radius 1 is 1.18 bits per heavy atom. The second-order valence-corrected chi connectivity index (χ2v) is 5.29. The predicted octanol–water partition coefficient (Wildman–Crippen LogP) is 0.375. The standard InChI is InChI=1S/C14H20N4O4/c1-6-7-9(22-8(2)19)11-15-12-10(16(11)3)13(20)18(5)14(21)17(12)4/h9H,6-7H2,1-5H3. The maximum atomic E-state index is 12.3. The molecule has 0 aliphatic heterocycles. The molecule has 8 heteroatoms. The van der Waals surface area contributed by atoms with Gasteiger partial charge < -0.3 is 9.30 Å². The lowest BCUT2D eigenvalue weighted by atomic mass is 10.2. The zero-order chi connectivity index (χ0) is 16.6. The average Bonchev–Trinajstić information content (AvgIpc) is 2.80. The van der Waals surface area contributed by atoms with Crippen molar-refractivity contribution in [2.45, 2.75) is 32.8 Å². The molecule has 0 bridgehead atoms. The van der Waals surface area contributed by atoms with Gasteiger partial charge in [0, 0.05) is 28.1 Å². The van der Waals surface area contributed by atoms with E-state index in [-0.39, 0.29) is 0 Å². The average molecular weight is 308 g/mol. The van der Waals surface area contributed by atoms with Crippen molar-refractivity contribution < 1.29 is 9.53 Å². The molecule has 0 fully saturated rings. The highest BCUT2D eigenvalue weighted by Gasteiger charge is 2.24. The molecule has 2 aromatic heterocycles. The van der Waals surface area contributed by atoms with Crippen LogP contribution in [0.25, 0.3) is 11.2 Å². The molecule has 1 atom stereocenters. The first-order valence-corrected chi connectivity index (χ1v) is 7.09. The summed E-state index contributed by atoms with van der Waals surface area (Å²) in [5.74, 6) is 0.0534. The summed E-state index contributed by atoms with van der Waals surface area (Å²) in [6.07, 6.45) is 0.836. The first-order chi connectivity index (χ1) is 10.3. The number of rotatable bonds is 4. The predicted molar refractivity (Wildman–Crippen MR) is 80.6 cm³/mol. The Balaban J connectivity index is 2.76. The Labute approximate surface area is 126 Å². The maximum Gasteiger partial charge on any atom is 0.332 e. The molecule has 2 rings (SSSR count). The zero-order valence-corrected chi connectivity index (χ0v) is 13.4. The minimum atomic E-state index is -0.542. The summed E-state index contributed by atoms with van der Waals surface area (Å²) < 4.78 is 9.26. The van der Waals surface area contributed by atoms with Crippen molar-refractivity contribution in [3.63, 3.8) is 0 Å². The van der Waals surface area contributed by atoms with Gasteiger partial charge in [-0.3, -0.25) is 18.7 Å². The number of imidazole rings is 1. The van der Waals surface area contributed by atoms with Gasteiger partial charge in [0.1, 0.15) is 0 Å². The lowest BCUT2D eigenvalue weighted by Gasteiger charge is -2.15. The third-order valence-corrected chi connectivity index (χ3v) is 3.66. The molecule has 120 valence electrons. The molecule has 0 radical (unpaired) electrons. The summed E-state index contributed by atoms with van der Waals surface area (Å²) in [6.45, 7) is 3.30. The van der Waals surface area contributed by atoms with E-state index in [1.54, 1.807) is 18.7 Å². The fraction of sp³-hybridized carbons (Fsp3) is 0.571. The van der Waals surface area contributed by atoms with Gasteiger partial charge >= 0.3 is 11.7 Å². The van der Waals surface area contributed by atoms with Gasteiger partial charge in [-0.05, 0) is 6.42 Å². The Morgan fingerprint density at radius 3 is 2.36 bits per heavy atom. The van der Waals surface area contributed by atoms with Crippen LogP contribution in [0.1, 0.15) is 38.6 Å². The van der Waals surface area contributed by atoms with E-state index in [0.29, 0.717) is 23.4 Å². The number of fused-ring (bicyclic) bond motifs is 1. The van der Waals surface area contributed by atoms with Gasteiger partial charge in [0.2, 0.25) is 0 Å². The number of carbonyl (C=O) groups is 1. The Hall–Kier alpha value is -2.38. The number of hydrogen-bond donors (Lipinski definition) is 0. The largest absolute Gasteiger partial charge is 0.454 e. The smallest absolute Gasteiger partial charge is 0.332 e. The van der Waals surface area contributed by atoms with Crippen molar-refractivity contribution >= 4 is 17.1 Å². The van der Waals surface area contributed by atoms with Crippen LogP contribution >= 0.6 is 0 Å². The molecule has 0 saturated heterocycles. The van der Waals surface area contributed by atoms with Gasteiger partial charge in [0.15, 0.2) is 23.1 Å². The number of hydrogen-bond acceptors (Lipinski definition) is 5. The molecular formula is C14H20N4O4. The van der Waals surface area contributed by atoms with Crippen LogP contribution in [0.4, 0.5) is 0 Å². The fourth-order valence-electron chi connectivity index (χ4n) is 2.53. The molecule has 0 aromatic carbocycles. The van der Waals surface area contributed by atoms with Gasteiger partial charge in [-0.2, -0.15) is 0 Å². The number of ether oxygens (including phenoxy) is 1. The minimum Gasteiger partial charge on any atom is -0.454 e. The zero-order valence-electron chi connectivity index (χ0n) is 13.4. The van der Waals surface area contributed by atoms with Crippen LogP contribution in [0.2, 0.25) is 0 Å². The van der Waals surface area contributed by atoms with Gasteiger partial charge in [0.25, 0.3) is 5.56 Å². The van der Waals surface area contributed by atoms with Crippen LogP contribution in [0, 0.1) is 0 Å². The van der Waals surface area contributed by atoms with Crippen LogP contribution in [0.15, 0.2) is 9.59 Å². The van der Waals surface area contributed by atoms with E-state index in [1.807, 2.05) is 6.92 Å². The molecular weight excluding hydrogens is 288 g/mol. The highest BCUT2D eigenvalue weighted by molar-refractivity contribution is 5.71. The summed E-state index contributed by atoms with van der Waals surface area (Å²) in [4.78, 5) is 40.0. The summed E-state index contributed by atoms with van der Waals surface area (Å²) in [5, 5.41) is 0. The summed E-state index contributed by atoms with van der Waals surface area (Å²) in [6, 6.07) is 0. The quantitative estimate of drug-likeness (QED) is 0.762. The van der Waals surface area contributed by atoms with Crippen molar-refractivity contribution in [3.05, 3.63) is 26.7 Å². The normalized spacial score (nSPS) is 12.6. The lowest BCUT2D eigenvalue weighted by Crippen LogP contribution is -2.37. The van der Waals surface area contributed by atoms with E-state index >= 15 is 0 Å². The molecule has 0 spiro atoms. The first-order valence-electron chi connectivity index (χ1n) is 7.09. The van der Waals surface area contributed by atoms with Crippen LogP contribution in [-0.2, 0) is 30.7 Å². The number of aromatic nitrogens is 4. The molecule has 22 heavy (non-hydrogen) atoms. The van der Waals surface area contributed by atoms with Gasteiger partial charge in [0.05, 0.1) is 0 Å². The number of esters is 1. The van der Waals surface area contributed by atoms with Crippen LogP contribution < -0.4 is 11.2 Å². The van der Waals surface area contributed by atoms with E-state index in [1.165, 1.54) is 18.5 Å².